The summed E-state index contributed by atoms with van der Waals surface area (Å²) in [5.41, 5.74) is 17.1. The normalized spacial score (nSPS) is 14.1. The molecule has 1 aliphatic rings. The number of nitrogens with zero attached hydrogens (tertiary/aromatic N) is 1. The third kappa shape index (κ3) is 3.14. The maximum atomic E-state index is 13.2. The largest absolute Gasteiger partial charge is 0.493 e. The van der Waals surface area contributed by atoms with E-state index >= 15 is 0 Å². The van der Waals surface area contributed by atoms with Crippen LogP contribution in [0.2, 0.25) is 0 Å². The van der Waals surface area contributed by atoms with Crippen LogP contribution in [0, 0.1) is 0 Å². The van der Waals surface area contributed by atoms with Crippen LogP contribution in [0.4, 0.5) is 15.8 Å². The Hall–Kier alpha value is -2.89. The van der Waals surface area contributed by atoms with Gasteiger partial charge in [-0.2, -0.15) is 0 Å². The van der Waals surface area contributed by atoms with Crippen molar-refractivity contribution in [1.29, 1.82) is 0 Å². The molecule has 0 fully saturated rings. The Kier molecular flexibility index (Phi) is 5.21. The average molecular weight is 357 g/mol. The van der Waals surface area contributed by atoms with E-state index in [0.717, 1.165) is 36.3 Å². The summed E-state index contributed by atoms with van der Waals surface area (Å²) in [5.74, 6) is 1.13. The lowest BCUT2D eigenvalue weighted by atomic mass is 9.97. The molecular formula is C20H24FN3O2. The van der Waals surface area contributed by atoms with Crippen molar-refractivity contribution in [3.63, 3.8) is 0 Å². The van der Waals surface area contributed by atoms with Crippen molar-refractivity contribution in [3.8, 4) is 11.5 Å². The van der Waals surface area contributed by atoms with E-state index in [1.807, 2.05) is 24.3 Å². The zero-order valence-electron chi connectivity index (χ0n) is 15.1. The van der Waals surface area contributed by atoms with Gasteiger partial charge in [-0.05, 0) is 36.1 Å². The van der Waals surface area contributed by atoms with Crippen LogP contribution in [0.5, 0.6) is 11.5 Å². The highest BCUT2D eigenvalue weighted by atomic mass is 19.1. The van der Waals surface area contributed by atoms with Gasteiger partial charge in [0.1, 0.15) is 6.67 Å². The molecule has 0 radical (unpaired) electrons. The molecule has 1 aliphatic heterocycles. The van der Waals surface area contributed by atoms with Crippen molar-refractivity contribution in [2.45, 2.75) is 19.5 Å². The Bertz CT molecular complexity index is 836. The van der Waals surface area contributed by atoms with E-state index in [2.05, 4.69) is 4.90 Å². The third-order valence-electron chi connectivity index (χ3n) is 4.70. The Labute approximate surface area is 153 Å². The number of aryl methyl sites for hydroxylation is 1. The summed E-state index contributed by atoms with van der Waals surface area (Å²) in [4.78, 5) is 2.09. The van der Waals surface area contributed by atoms with E-state index in [4.69, 9.17) is 20.9 Å². The topological polar surface area (TPSA) is 73.7 Å². The number of hydrogen-bond donors (Lipinski definition) is 2. The number of hydrogen-bond acceptors (Lipinski definition) is 5. The summed E-state index contributed by atoms with van der Waals surface area (Å²) in [6.45, 7) is 0.279. The van der Waals surface area contributed by atoms with Gasteiger partial charge in [0, 0.05) is 35.7 Å². The van der Waals surface area contributed by atoms with Gasteiger partial charge in [-0.25, -0.2) is 4.39 Å². The Morgan fingerprint density at radius 3 is 2.58 bits per heavy atom. The molecular weight excluding hydrogens is 333 g/mol. The minimum absolute atomic E-state index is 0.499. The highest BCUT2D eigenvalue weighted by molar-refractivity contribution is 5.87. The van der Waals surface area contributed by atoms with Crippen LogP contribution in [-0.4, -0.2) is 20.8 Å². The fourth-order valence-corrected chi connectivity index (χ4v) is 3.40. The van der Waals surface area contributed by atoms with Gasteiger partial charge in [0.05, 0.1) is 19.9 Å². The number of fused-ring (bicyclic) bond motifs is 1. The zero-order chi connectivity index (χ0) is 18.7. The highest BCUT2D eigenvalue weighted by Gasteiger charge is 2.23. The van der Waals surface area contributed by atoms with Crippen LogP contribution < -0.4 is 25.8 Å². The second kappa shape index (κ2) is 7.56. The Morgan fingerprint density at radius 2 is 1.92 bits per heavy atom. The molecule has 0 saturated heterocycles. The maximum Gasteiger partial charge on any atom is 0.162 e. The van der Waals surface area contributed by atoms with Crippen molar-refractivity contribution in [2.75, 3.05) is 31.4 Å². The SMILES string of the molecule is COc1cc(N)c(/C(=C\N)N2CCCc3ccc(CF)cc32)cc1OC. The first-order chi connectivity index (χ1) is 12.6. The molecule has 3 rings (SSSR count). The molecule has 0 spiro atoms. The predicted octanol–water partition coefficient (Wildman–Crippen LogP) is 3.47. The number of rotatable bonds is 5. The maximum absolute atomic E-state index is 13.2. The molecule has 0 atom stereocenters. The smallest absolute Gasteiger partial charge is 0.162 e. The standard InChI is InChI=1S/C20H24FN3O2/c1-25-19-9-15(16(23)10-20(19)26-2)18(12-22)24-7-3-4-14-6-5-13(11-21)8-17(14)24/h5-6,8-10,12H,3-4,7,11,22-23H2,1-2H3/b18-12+. The van der Waals surface area contributed by atoms with Crippen molar-refractivity contribution < 1.29 is 13.9 Å². The molecule has 0 aromatic heterocycles. The van der Waals surface area contributed by atoms with Crippen molar-refractivity contribution >= 4 is 17.1 Å². The summed E-state index contributed by atoms with van der Waals surface area (Å²) in [5, 5.41) is 0. The van der Waals surface area contributed by atoms with Gasteiger partial charge in [-0.3, -0.25) is 0 Å². The lowest BCUT2D eigenvalue weighted by Gasteiger charge is -2.34. The number of alkyl halides is 1. The van der Waals surface area contributed by atoms with Crippen LogP contribution in [0.25, 0.3) is 5.70 Å². The number of nitrogen functional groups attached to an aromatic ring is 1. The number of methoxy groups -OCH3 is 2. The third-order valence-corrected chi connectivity index (χ3v) is 4.70. The summed E-state index contributed by atoms with van der Waals surface area (Å²) in [6.07, 6.45) is 3.47. The van der Waals surface area contributed by atoms with Crippen molar-refractivity contribution in [3.05, 3.63) is 53.2 Å². The molecule has 2 aromatic rings. The van der Waals surface area contributed by atoms with Gasteiger partial charge in [0.2, 0.25) is 0 Å². The van der Waals surface area contributed by atoms with E-state index in [9.17, 15) is 4.39 Å². The van der Waals surface area contributed by atoms with Gasteiger partial charge in [-0.1, -0.05) is 12.1 Å². The molecule has 0 amide bonds. The monoisotopic (exact) mass is 357 g/mol. The van der Waals surface area contributed by atoms with E-state index in [1.54, 1.807) is 20.3 Å². The van der Waals surface area contributed by atoms with Crippen molar-refractivity contribution in [1.82, 2.24) is 0 Å². The average Bonchev–Trinajstić information content (AvgIpc) is 2.69. The Morgan fingerprint density at radius 1 is 1.19 bits per heavy atom. The summed E-state index contributed by atoms with van der Waals surface area (Å²) in [7, 11) is 3.14. The zero-order valence-corrected chi connectivity index (χ0v) is 15.1. The number of halogens is 1. The van der Waals surface area contributed by atoms with Gasteiger partial charge in [-0.15, -0.1) is 0 Å². The first-order valence-electron chi connectivity index (χ1n) is 8.52. The first kappa shape index (κ1) is 17.9. The van der Waals surface area contributed by atoms with E-state index in [0.29, 0.717) is 22.7 Å². The second-order valence-electron chi connectivity index (χ2n) is 6.20. The first-order valence-corrected chi connectivity index (χ1v) is 8.52. The van der Waals surface area contributed by atoms with Crippen molar-refractivity contribution in [2.24, 2.45) is 5.73 Å². The lowest BCUT2D eigenvalue weighted by Crippen LogP contribution is -2.29. The van der Waals surface area contributed by atoms with E-state index in [1.165, 1.54) is 11.8 Å². The number of benzene rings is 2. The molecule has 6 heteroatoms. The number of anilines is 2. The lowest BCUT2D eigenvalue weighted by molar-refractivity contribution is 0.355. The van der Waals surface area contributed by atoms with Gasteiger partial charge in [0.15, 0.2) is 11.5 Å². The van der Waals surface area contributed by atoms with Crippen LogP contribution >= 0.6 is 0 Å². The molecule has 0 bridgehead atoms. The molecule has 1 heterocycles. The molecule has 138 valence electrons. The van der Waals surface area contributed by atoms with Gasteiger partial charge < -0.3 is 25.8 Å². The summed E-state index contributed by atoms with van der Waals surface area (Å²) in [6, 6.07) is 9.25. The highest BCUT2D eigenvalue weighted by Crippen LogP contribution is 2.39. The minimum atomic E-state index is -0.499. The molecule has 2 aromatic carbocycles. The fourth-order valence-electron chi connectivity index (χ4n) is 3.40. The van der Waals surface area contributed by atoms with Crippen LogP contribution in [0.15, 0.2) is 36.5 Å². The van der Waals surface area contributed by atoms with Crippen LogP contribution in [0.1, 0.15) is 23.1 Å². The van der Waals surface area contributed by atoms with Crippen LogP contribution in [0.3, 0.4) is 0 Å². The van der Waals surface area contributed by atoms with E-state index < -0.39 is 6.67 Å². The molecule has 4 N–H and O–H groups in total. The molecule has 0 unspecified atom stereocenters. The Balaban J connectivity index is 2.10. The molecule has 5 nitrogen and oxygen atoms in total. The number of nitrogens with two attached hydrogens (primary N) is 2. The number of ether oxygens (including phenoxy) is 2. The molecule has 0 aliphatic carbocycles. The fraction of sp³-hybridized carbons (Fsp3) is 0.300. The minimum Gasteiger partial charge on any atom is -0.493 e. The van der Waals surface area contributed by atoms with Gasteiger partial charge in [0.25, 0.3) is 0 Å². The second-order valence-corrected chi connectivity index (χ2v) is 6.20. The quantitative estimate of drug-likeness (QED) is 0.802. The van der Waals surface area contributed by atoms with E-state index in [-0.39, 0.29) is 0 Å². The summed E-state index contributed by atoms with van der Waals surface area (Å²) >= 11 is 0. The summed E-state index contributed by atoms with van der Waals surface area (Å²) < 4.78 is 23.9. The van der Waals surface area contributed by atoms with Crippen LogP contribution in [-0.2, 0) is 13.1 Å². The predicted molar refractivity (Wildman–Crippen MR) is 103 cm³/mol. The molecule has 0 saturated carbocycles. The van der Waals surface area contributed by atoms with Gasteiger partial charge >= 0.3 is 0 Å². The molecule has 26 heavy (non-hydrogen) atoms.